The van der Waals surface area contributed by atoms with E-state index in [0.29, 0.717) is 5.92 Å². The summed E-state index contributed by atoms with van der Waals surface area (Å²) < 4.78 is 13.0. The molecule has 3 rings (SSSR count). The number of pyridine rings is 1. The SMILES string of the molecule is CC=CC1CCC(C#Cc2ccc(-c3ccc(F)cc3)nc2)CC1. The van der Waals surface area contributed by atoms with Gasteiger partial charge in [-0.3, -0.25) is 4.98 Å². The van der Waals surface area contributed by atoms with Crippen LogP contribution in [0.15, 0.2) is 54.7 Å². The van der Waals surface area contributed by atoms with Gasteiger partial charge in [-0.25, -0.2) is 4.39 Å². The van der Waals surface area contributed by atoms with Gasteiger partial charge in [0, 0.05) is 23.2 Å². The van der Waals surface area contributed by atoms with Crippen LogP contribution in [0.4, 0.5) is 4.39 Å². The zero-order valence-electron chi connectivity index (χ0n) is 14.0. The molecule has 1 fully saturated rings. The first-order chi connectivity index (χ1) is 11.7. The van der Waals surface area contributed by atoms with E-state index in [0.717, 1.165) is 22.7 Å². The minimum absolute atomic E-state index is 0.231. The average molecular weight is 319 g/mol. The zero-order chi connectivity index (χ0) is 16.8. The number of aromatic nitrogens is 1. The summed E-state index contributed by atoms with van der Waals surface area (Å²) in [4.78, 5) is 4.44. The van der Waals surface area contributed by atoms with Crippen LogP contribution in [0.1, 0.15) is 38.2 Å². The highest BCUT2D eigenvalue weighted by Gasteiger charge is 2.17. The molecule has 0 N–H and O–H groups in total. The van der Waals surface area contributed by atoms with Crippen molar-refractivity contribution in [3.05, 3.63) is 66.1 Å². The van der Waals surface area contributed by atoms with Crippen molar-refractivity contribution in [2.45, 2.75) is 32.6 Å². The third-order valence-corrected chi connectivity index (χ3v) is 4.56. The van der Waals surface area contributed by atoms with Gasteiger partial charge in [-0.05, 0) is 74.9 Å². The summed E-state index contributed by atoms with van der Waals surface area (Å²) in [7, 11) is 0. The van der Waals surface area contributed by atoms with Crippen molar-refractivity contribution in [1.29, 1.82) is 0 Å². The van der Waals surface area contributed by atoms with Crippen LogP contribution in [-0.2, 0) is 0 Å². The Morgan fingerprint density at radius 3 is 2.42 bits per heavy atom. The third kappa shape index (κ3) is 4.32. The summed E-state index contributed by atoms with van der Waals surface area (Å²) in [6.45, 7) is 2.09. The van der Waals surface area contributed by atoms with Crippen LogP contribution in [-0.4, -0.2) is 4.98 Å². The second-order valence-corrected chi connectivity index (χ2v) is 6.35. The lowest BCUT2D eigenvalue weighted by atomic mass is 9.82. The quantitative estimate of drug-likeness (QED) is 0.517. The number of benzene rings is 1. The molecular weight excluding hydrogens is 297 g/mol. The molecule has 2 heteroatoms. The second kappa shape index (κ2) is 7.93. The van der Waals surface area contributed by atoms with Crippen LogP contribution in [0.25, 0.3) is 11.3 Å². The van der Waals surface area contributed by atoms with Crippen LogP contribution in [0.5, 0.6) is 0 Å². The van der Waals surface area contributed by atoms with Crippen molar-refractivity contribution in [2.24, 2.45) is 11.8 Å². The van der Waals surface area contributed by atoms with Gasteiger partial charge >= 0.3 is 0 Å². The lowest BCUT2D eigenvalue weighted by molar-refractivity contribution is 0.364. The third-order valence-electron chi connectivity index (χ3n) is 4.56. The summed E-state index contributed by atoms with van der Waals surface area (Å²) in [5.74, 6) is 7.67. The molecule has 0 aliphatic heterocycles. The van der Waals surface area contributed by atoms with E-state index < -0.39 is 0 Å². The molecule has 0 saturated heterocycles. The smallest absolute Gasteiger partial charge is 0.123 e. The lowest BCUT2D eigenvalue weighted by Gasteiger charge is -2.22. The Morgan fingerprint density at radius 1 is 1.04 bits per heavy atom. The molecule has 0 unspecified atom stereocenters. The van der Waals surface area contributed by atoms with Gasteiger partial charge in [0.25, 0.3) is 0 Å². The Bertz CT molecular complexity index is 739. The Kier molecular flexibility index (Phi) is 5.43. The molecule has 0 atom stereocenters. The highest BCUT2D eigenvalue weighted by atomic mass is 19.1. The molecule has 2 aromatic rings. The molecule has 1 aromatic heterocycles. The monoisotopic (exact) mass is 319 g/mol. The van der Waals surface area contributed by atoms with Gasteiger partial charge in [0.2, 0.25) is 0 Å². The number of nitrogens with zero attached hydrogens (tertiary/aromatic N) is 1. The first-order valence-corrected chi connectivity index (χ1v) is 8.61. The van der Waals surface area contributed by atoms with Crippen LogP contribution in [0.2, 0.25) is 0 Å². The van der Waals surface area contributed by atoms with Gasteiger partial charge in [0.05, 0.1) is 5.69 Å². The maximum atomic E-state index is 13.0. The van der Waals surface area contributed by atoms with Crippen molar-refractivity contribution < 1.29 is 4.39 Å². The fraction of sp³-hybridized carbons (Fsp3) is 0.318. The summed E-state index contributed by atoms with van der Waals surface area (Å²) in [5, 5.41) is 0. The fourth-order valence-electron chi connectivity index (χ4n) is 3.17. The summed E-state index contributed by atoms with van der Waals surface area (Å²) in [6.07, 6.45) is 11.1. The molecule has 122 valence electrons. The highest BCUT2D eigenvalue weighted by molar-refractivity contribution is 5.59. The molecule has 0 amide bonds. The number of allylic oxidation sites excluding steroid dienone is 2. The van der Waals surface area contributed by atoms with E-state index in [-0.39, 0.29) is 5.82 Å². The lowest BCUT2D eigenvalue weighted by Crippen LogP contribution is -2.11. The predicted octanol–water partition coefficient (Wildman–Crippen LogP) is 5.62. The minimum Gasteiger partial charge on any atom is -0.255 e. The molecule has 24 heavy (non-hydrogen) atoms. The van der Waals surface area contributed by atoms with E-state index in [2.05, 4.69) is 35.9 Å². The Morgan fingerprint density at radius 2 is 1.79 bits per heavy atom. The Balaban J connectivity index is 1.62. The average Bonchev–Trinajstić information content (AvgIpc) is 2.63. The minimum atomic E-state index is -0.231. The first-order valence-electron chi connectivity index (χ1n) is 8.61. The van der Waals surface area contributed by atoms with Crippen LogP contribution in [0.3, 0.4) is 0 Å². The van der Waals surface area contributed by atoms with E-state index in [1.54, 1.807) is 18.3 Å². The van der Waals surface area contributed by atoms with E-state index >= 15 is 0 Å². The number of halogens is 1. The first kappa shape index (κ1) is 16.5. The second-order valence-electron chi connectivity index (χ2n) is 6.35. The molecular formula is C22H22FN. The molecule has 1 aromatic carbocycles. The normalized spacial score (nSPS) is 20.6. The number of hydrogen-bond donors (Lipinski definition) is 0. The summed E-state index contributed by atoms with van der Waals surface area (Å²) in [6, 6.07) is 10.3. The van der Waals surface area contributed by atoms with Gasteiger partial charge < -0.3 is 0 Å². The standard InChI is InChI=1S/C22H22FN/c1-2-3-17-4-6-18(7-5-17)8-9-19-10-15-22(24-16-19)20-11-13-21(23)14-12-20/h2-3,10-18H,4-7H2,1H3. The van der Waals surface area contributed by atoms with Crippen LogP contribution in [0, 0.1) is 29.5 Å². The van der Waals surface area contributed by atoms with Crippen molar-refractivity contribution >= 4 is 0 Å². The van der Waals surface area contributed by atoms with Gasteiger partial charge in [0.15, 0.2) is 0 Å². The van der Waals surface area contributed by atoms with Gasteiger partial charge in [0.1, 0.15) is 5.82 Å². The molecule has 0 spiro atoms. The molecule has 1 aliphatic carbocycles. The zero-order valence-corrected chi connectivity index (χ0v) is 14.0. The van der Waals surface area contributed by atoms with Crippen molar-refractivity contribution in [1.82, 2.24) is 4.98 Å². The van der Waals surface area contributed by atoms with E-state index in [1.807, 2.05) is 12.1 Å². The summed E-state index contributed by atoms with van der Waals surface area (Å²) >= 11 is 0. The Labute approximate surface area is 143 Å². The summed E-state index contributed by atoms with van der Waals surface area (Å²) in [5.41, 5.74) is 2.70. The Hall–Kier alpha value is -2.40. The fourth-order valence-corrected chi connectivity index (χ4v) is 3.17. The van der Waals surface area contributed by atoms with Gasteiger partial charge in [-0.15, -0.1) is 0 Å². The largest absolute Gasteiger partial charge is 0.255 e. The van der Waals surface area contributed by atoms with Crippen LogP contribution < -0.4 is 0 Å². The maximum Gasteiger partial charge on any atom is 0.123 e. The van der Waals surface area contributed by atoms with Crippen molar-refractivity contribution in [3.8, 4) is 23.1 Å². The van der Waals surface area contributed by atoms with Gasteiger partial charge in [-0.1, -0.05) is 24.0 Å². The van der Waals surface area contributed by atoms with Gasteiger partial charge in [-0.2, -0.15) is 0 Å². The van der Waals surface area contributed by atoms with E-state index in [1.165, 1.54) is 37.8 Å². The van der Waals surface area contributed by atoms with E-state index in [4.69, 9.17) is 0 Å². The molecule has 1 aliphatic rings. The molecule has 1 nitrogen and oxygen atoms in total. The topological polar surface area (TPSA) is 12.9 Å². The van der Waals surface area contributed by atoms with Crippen molar-refractivity contribution in [3.63, 3.8) is 0 Å². The van der Waals surface area contributed by atoms with E-state index in [9.17, 15) is 4.39 Å². The number of rotatable bonds is 2. The predicted molar refractivity (Wildman–Crippen MR) is 96.8 cm³/mol. The maximum absolute atomic E-state index is 13.0. The van der Waals surface area contributed by atoms with Crippen molar-refractivity contribution in [2.75, 3.05) is 0 Å². The van der Waals surface area contributed by atoms with Crippen LogP contribution >= 0.6 is 0 Å². The number of hydrogen-bond acceptors (Lipinski definition) is 1. The molecule has 0 radical (unpaired) electrons. The molecule has 0 bridgehead atoms. The highest BCUT2D eigenvalue weighted by Crippen LogP contribution is 2.29. The molecule has 1 heterocycles. The molecule has 1 saturated carbocycles.